The van der Waals surface area contributed by atoms with Gasteiger partial charge in [-0.3, -0.25) is 4.79 Å². The lowest BCUT2D eigenvalue weighted by atomic mass is 10.0. The highest BCUT2D eigenvalue weighted by Crippen LogP contribution is 2.19. The highest BCUT2D eigenvalue weighted by atomic mass is 16.5. The Labute approximate surface area is 125 Å². The van der Waals surface area contributed by atoms with Crippen LogP contribution in [-0.4, -0.2) is 11.1 Å². The van der Waals surface area contributed by atoms with E-state index in [1.165, 1.54) is 0 Å². The monoisotopic (exact) mass is 286 g/mol. The Morgan fingerprint density at radius 3 is 2.57 bits per heavy atom. The number of nitrogens with zero attached hydrogens (tertiary/aromatic N) is 1. The van der Waals surface area contributed by atoms with Crippen LogP contribution in [0.25, 0.3) is 0 Å². The average molecular weight is 286 g/mol. The molecule has 0 radical (unpaired) electrons. The van der Waals surface area contributed by atoms with Crippen LogP contribution in [0.2, 0.25) is 0 Å². The highest BCUT2D eigenvalue weighted by molar-refractivity contribution is 5.79. The van der Waals surface area contributed by atoms with Gasteiger partial charge in [-0.05, 0) is 25.8 Å². The Bertz CT molecular complexity index is 571. The van der Waals surface area contributed by atoms with Crippen LogP contribution >= 0.6 is 0 Å². The van der Waals surface area contributed by atoms with Gasteiger partial charge in [-0.15, -0.1) is 0 Å². The Balaban J connectivity index is 2.05. The fraction of sp³-hybridized carbons (Fsp3) is 0.412. The Kier molecular flexibility index (Phi) is 5.14. The molecule has 1 aromatic heterocycles. The lowest BCUT2D eigenvalue weighted by Gasteiger charge is -2.18. The van der Waals surface area contributed by atoms with E-state index in [1.807, 2.05) is 32.0 Å². The summed E-state index contributed by atoms with van der Waals surface area (Å²) in [5.41, 5.74) is 2.82. The number of hydrogen-bond acceptors (Lipinski definition) is 3. The predicted octanol–water partition coefficient (Wildman–Crippen LogP) is 3.49. The topological polar surface area (TPSA) is 55.1 Å². The van der Waals surface area contributed by atoms with E-state index in [0.717, 1.165) is 35.4 Å². The molecule has 0 fully saturated rings. The van der Waals surface area contributed by atoms with Crippen LogP contribution in [0.4, 0.5) is 0 Å². The summed E-state index contributed by atoms with van der Waals surface area (Å²) in [5, 5.41) is 7.01. The van der Waals surface area contributed by atoms with Crippen molar-refractivity contribution >= 4 is 5.91 Å². The molecule has 4 nitrogen and oxygen atoms in total. The average Bonchev–Trinajstić information content (AvgIpc) is 2.79. The van der Waals surface area contributed by atoms with Gasteiger partial charge in [0, 0.05) is 5.56 Å². The summed E-state index contributed by atoms with van der Waals surface area (Å²) in [7, 11) is 0. The van der Waals surface area contributed by atoms with Gasteiger partial charge in [-0.2, -0.15) is 0 Å². The molecule has 2 rings (SSSR count). The SMILES string of the molecule is CCCC(NC(=O)Cc1c(C)noc1C)c1ccccc1. The summed E-state index contributed by atoms with van der Waals surface area (Å²) in [6.45, 7) is 5.82. The fourth-order valence-corrected chi connectivity index (χ4v) is 2.46. The first kappa shape index (κ1) is 15.3. The van der Waals surface area contributed by atoms with Crippen LogP contribution in [0.15, 0.2) is 34.9 Å². The van der Waals surface area contributed by atoms with Crippen molar-refractivity contribution in [1.82, 2.24) is 10.5 Å². The van der Waals surface area contributed by atoms with Crippen LogP contribution in [-0.2, 0) is 11.2 Å². The van der Waals surface area contributed by atoms with E-state index in [4.69, 9.17) is 4.52 Å². The summed E-state index contributed by atoms with van der Waals surface area (Å²) < 4.78 is 5.10. The van der Waals surface area contributed by atoms with Gasteiger partial charge in [-0.25, -0.2) is 0 Å². The zero-order valence-corrected chi connectivity index (χ0v) is 12.8. The van der Waals surface area contributed by atoms with Crippen molar-refractivity contribution < 1.29 is 9.32 Å². The third kappa shape index (κ3) is 3.94. The van der Waals surface area contributed by atoms with E-state index in [9.17, 15) is 4.79 Å². The highest BCUT2D eigenvalue weighted by Gasteiger charge is 2.17. The van der Waals surface area contributed by atoms with Crippen molar-refractivity contribution in [3.8, 4) is 0 Å². The lowest BCUT2D eigenvalue weighted by molar-refractivity contribution is -0.121. The molecule has 1 atom stereocenters. The van der Waals surface area contributed by atoms with Crippen LogP contribution < -0.4 is 5.32 Å². The first-order chi connectivity index (χ1) is 10.1. The first-order valence-electron chi connectivity index (χ1n) is 7.37. The number of aryl methyl sites for hydroxylation is 2. The summed E-state index contributed by atoms with van der Waals surface area (Å²) in [6.07, 6.45) is 2.26. The number of amides is 1. The Morgan fingerprint density at radius 2 is 2.00 bits per heavy atom. The quantitative estimate of drug-likeness (QED) is 0.884. The van der Waals surface area contributed by atoms with E-state index < -0.39 is 0 Å². The zero-order chi connectivity index (χ0) is 15.2. The molecule has 0 aliphatic heterocycles. The molecular formula is C17H22N2O2. The van der Waals surface area contributed by atoms with E-state index in [-0.39, 0.29) is 11.9 Å². The normalized spacial score (nSPS) is 12.1. The van der Waals surface area contributed by atoms with Crippen molar-refractivity contribution in [3.63, 3.8) is 0 Å². The van der Waals surface area contributed by atoms with Gasteiger partial charge in [0.25, 0.3) is 0 Å². The molecule has 0 aliphatic carbocycles. The maximum absolute atomic E-state index is 12.3. The molecule has 0 spiro atoms. The molecule has 0 saturated heterocycles. The molecule has 0 bridgehead atoms. The molecule has 21 heavy (non-hydrogen) atoms. The number of nitrogens with one attached hydrogen (secondary N) is 1. The smallest absolute Gasteiger partial charge is 0.225 e. The Hall–Kier alpha value is -2.10. The number of carbonyl (C=O) groups is 1. The van der Waals surface area contributed by atoms with Gasteiger partial charge in [0.05, 0.1) is 18.2 Å². The van der Waals surface area contributed by atoms with Crippen LogP contribution in [0.1, 0.15) is 48.4 Å². The minimum atomic E-state index is 0.00621. The van der Waals surface area contributed by atoms with Crippen LogP contribution in [0.3, 0.4) is 0 Å². The van der Waals surface area contributed by atoms with Crippen molar-refractivity contribution in [3.05, 3.63) is 52.9 Å². The molecule has 1 aromatic carbocycles. The van der Waals surface area contributed by atoms with Gasteiger partial charge in [0.2, 0.25) is 5.91 Å². The molecule has 4 heteroatoms. The third-order valence-corrected chi connectivity index (χ3v) is 3.63. The molecule has 1 amide bonds. The van der Waals surface area contributed by atoms with Gasteiger partial charge >= 0.3 is 0 Å². The molecule has 2 aromatic rings. The van der Waals surface area contributed by atoms with Crippen LogP contribution in [0, 0.1) is 13.8 Å². The summed E-state index contributed by atoms with van der Waals surface area (Å²) in [6, 6.07) is 10.1. The molecule has 0 saturated carbocycles. The van der Waals surface area contributed by atoms with E-state index >= 15 is 0 Å². The molecule has 1 heterocycles. The van der Waals surface area contributed by atoms with Gasteiger partial charge < -0.3 is 9.84 Å². The lowest BCUT2D eigenvalue weighted by Crippen LogP contribution is -2.30. The Morgan fingerprint density at radius 1 is 1.29 bits per heavy atom. The number of carbonyl (C=O) groups excluding carboxylic acids is 1. The number of aromatic nitrogens is 1. The zero-order valence-electron chi connectivity index (χ0n) is 12.8. The summed E-state index contributed by atoms with van der Waals surface area (Å²) >= 11 is 0. The molecule has 0 aliphatic rings. The fourth-order valence-electron chi connectivity index (χ4n) is 2.46. The van der Waals surface area contributed by atoms with Gasteiger partial charge in [-0.1, -0.05) is 48.8 Å². The molecule has 1 unspecified atom stereocenters. The number of hydrogen-bond donors (Lipinski definition) is 1. The largest absolute Gasteiger partial charge is 0.361 e. The number of benzene rings is 1. The molecule has 112 valence electrons. The van der Waals surface area contributed by atoms with Crippen molar-refractivity contribution in [2.45, 2.75) is 46.1 Å². The van der Waals surface area contributed by atoms with Gasteiger partial charge in [0.15, 0.2) is 0 Å². The molecular weight excluding hydrogens is 264 g/mol. The first-order valence-corrected chi connectivity index (χ1v) is 7.37. The second kappa shape index (κ2) is 7.07. The van der Waals surface area contributed by atoms with E-state index in [2.05, 4.69) is 29.5 Å². The molecule has 1 N–H and O–H groups in total. The summed E-state index contributed by atoms with van der Waals surface area (Å²) in [5.74, 6) is 0.723. The van der Waals surface area contributed by atoms with Crippen LogP contribution in [0.5, 0.6) is 0 Å². The van der Waals surface area contributed by atoms with Crippen molar-refractivity contribution in [2.75, 3.05) is 0 Å². The second-order valence-corrected chi connectivity index (χ2v) is 5.30. The third-order valence-electron chi connectivity index (χ3n) is 3.63. The maximum Gasteiger partial charge on any atom is 0.225 e. The maximum atomic E-state index is 12.3. The van der Waals surface area contributed by atoms with Crippen molar-refractivity contribution in [2.24, 2.45) is 0 Å². The predicted molar refractivity (Wildman–Crippen MR) is 81.9 cm³/mol. The standard InChI is InChI=1S/C17H22N2O2/c1-4-8-16(14-9-6-5-7-10-14)18-17(20)11-15-12(2)19-21-13(15)3/h5-7,9-10,16H,4,8,11H2,1-3H3,(H,18,20). The number of rotatable bonds is 6. The van der Waals surface area contributed by atoms with Gasteiger partial charge in [0.1, 0.15) is 5.76 Å². The minimum Gasteiger partial charge on any atom is -0.361 e. The van der Waals surface area contributed by atoms with E-state index in [1.54, 1.807) is 0 Å². The van der Waals surface area contributed by atoms with Crippen molar-refractivity contribution in [1.29, 1.82) is 0 Å². The minimum absolute atomic E-state index is 0.00621. The van der Waals surface area contributed by atoms with E-state index in [0.29, 0.717) is 6.42 Å². The second-order valence-electron chi connectivity index (χ2n) is 5.30. The summed E-state index contributed by atoms with van der Waals surface area (Å²) in [4.78, 5) is 12.3.